The van der Waals surface area contributed by atoms with Crippen LogP contribution in [0.2, 0.25) is 5.02 Å². The molecule has 0 aliphatic rings. The predicted molar refractivity (Wildman–Crippen MR) is 94.5 cm³/mol. The van der Waals surface area contributed by atoms with E-state index < -0.39 is 0 Å². The summed E-state index contributed by atoms with van der Waals surface area (Å²) in [6.45, 7) is 0. The van der Waals surface area contributed by atoms with E-state index in [0.717, 1.165) is 5.56 Å². The van der Waals surface area contributed by atoms with Gasteiger partial charge in [0.05, 0.1) is 23.0 Å². The Morgan fingerprint density at radius 1 is 1.24 bits per heavy atom. The van der Waals surface area contributed by atoms with Gasteiger partial charge in [-0.05, 0) is 42.3 Å². The lowest BCUT2D eigenvalue weighted by atomic mass is 10.1. The first-order valence-electron chi connectivity index (χ1n) is 7.59. The number of nitrogens with one attached hydrogen (secondary N) is 1. The second-order valence-electron chi connectivity index (χ2n) is 5.36. The van der Waals surface area contributed by atoms with Gasteiger partial charge >= 0.3 is 0 Å². The molecule has 0 spiro atoms. The third-order valence-corrected chi connectivity index (χ3v) is 3.86. The molecule has 0 fully saturated rings. The number of benzene rings is 2. The molecule has 1 N–H and O–H groups in total. The fraction of sp³-hybridized carbons (Fsp3) is 0.111. The summed E-state index contributed by atoms with van der Waals surface area (Å²) in [5.41, 5.74) is 2.86. The largest absolute Gasteiger partial charge is 0.324 e. The highest BCUT2D eigenvalue weighted by Crippen LogP contribution is 2.24. The number of hydrogen-bond donors (Lipinski definition) is 1. The average molecular weight is 352 g/mol. The lowest BCUT2D eigenvalue weighted by Gasteiger charge is -2.11. The van der Waals surface area contributed by atoms with Gasteiger partial charge in [0, 0.05) is 11.4 Å². The molecule has 3 rings (SSSR count). The first kappa shape index (κ1) is 16.7. The zero-order chi connectivity index (χ0) is 17.6. The highest BCUT2D eigenvalue weighted by atomic mass is 35.5. The van der Waals surface area contributed by atoms with Crippen LogP contribution in [0.3, 0.4) is 0 Å². The summed E-state index contributed by atoms with van der Waals surface area (Å²) in [6, 6.07) is 14.4. The predicted octanol–water partition coefficient (Wildman–Crippen LogP) is 3.36. The Kier molecular flexibility index (Phi) is 5.07. The first-order chi connectivity index (χ1) is 12.2. The van der Waals surface area contributed by atoms with E-state index in [2.05, 4.69) is 21.5 Å². The molecule has 1 heterocycles. The van der Waals surface area contributed by atoms with Gasteiger partial charge < -0.3 is 5.32 Å². The van der Waals surface area contributed by atoms with E-state index in [-0.39, 0.29) is 5.91 Å². The number of nitriles is 1. The van der Waals surface area contributed by atoms with Crippen molar-refractivity contribution in [1.29, 1.82) is 5.26 Å². The summed E-state index contributed by atoms with van der Waals surface area (Å²) in [7, 11) is 0. The van der Waals surface area contributed by atoms with Crippen LogP contribution in [0.25, 0.3) is 5.69 Å². The SMILES string of the molecule is N#Cc1ccc(CCC(=O)Nc2cc(Cl)ccc2-n2cncn2)cc1. The number of amides is 1. The van der Waals surface area contributed by atoms with Crippen molar-refractivity contribution < 1.29 is 4.79 Å². The van der Waals surface area contributed by atoms with Gasteiger partial charge in [-0.1, -0.05) is 23.7 Å². The zero-order valence-corrected chi connectivity index (χ0v) is 13.9. The van der Waals surface area contributed by atoms with E-state index in [1.165, 1.54) is 6.33 Å². The molecular weight excluding hydrogens is 338 g/mol. The van der Waals surface area contributed by atoms with Crippen LogP contribution in [0.5, 0.6) is 0 Å². The molecule has 2 aromatic carbocycles. The maximum absolute atomic E-state index is 12.3. The third-order valence-electron chi connectivity index (χ3n) is 3.62. The van der Waals surface area contributed by atoms with Gasteiger partial charge in [-0.25, -0.2) is 9.67 Å². The van der Waals surface area contributed by atoms with Gasteiger partial charge in [-0.2, -0.15) is 10.4 Å². The Bertz CT molecular complexity index is 914. The van der Waals surface area contributed by atoms with Gasteiger partial charge in [0.1, 0.15) is 12.7 Å². The molecule has 0 aliphatic heterocycles. The molecule has 124 valence electrons. The number of carbonyl (C=O) groups excluding carboxylic acids is 1. The smallest absolute Gasteiger partial charge is 0.224 e. The Labute approximate surface area is 149 Å². The zero-order valence-electron chi connectivity index (χ0n) is 13.2. The Balaban J connectivity index is 1.68. The van der Waals surface area contributed by atoms with Crippen molar-refractivity contribution >= 4 is 23.2 Å². The second kappa shape index (κ2) is 7.60. The highest BCUT2D eigenvalue weighted by Gasteiger charge is 2.10. The van der Waals surface area contributed by atoms with E-state index in [1.54, 1.807) is 41.3 Å². The minimum Gasteiger partial charge on any atom is -0.324 e. The lowest BCUT2D eigenvalue weighted by molar-refractivity contribution is -0.116. The van der Waals surface area contributed by atoms with Gasteiger partial charge in [0.2, 0.25) is 5.91 Å². The minimum absolute atomic E-state index is 0.131. The highest BCUT2D eigenvalue weighted by molar-refractivity contribution is 6.31. The summed E-state index contributed by atoms with van der Waals surface area (Å²) >= 11 is 6.04. The Morgan fingerprint density at radius 3 is 2.72 bits per heavy atom. The monoisotopic (exact) mass is 351 g/mol. The maximum Gasteiger partial charge on any atom is 0.224 e. The first-order valence-corrected chi connectivity index (χ1v) is 7.97. The molecular formula is C18H14ClN5O. The normalized spacial score (nSPS) is 10.2. The van der Waals surface area contributed by atoms with Crippen molar-refractivity contribution in [2.24, 2.45) is 0 Å². The Morgan fingerprint density at radius 2 is 2.04 bits per heavy atom. The van der Waals surface area contributed by atoms with Crippen LogP contribution in [-0.2, 0) is 11.2 Å². The number of anilines is 1. The molecule has 1 aromatic heterocycles. The molecule has 0 bridgehead atoms. The fourth-order valence-electron chi connectivity index (χ4n) is 2.36. The summed E-state index contributed by atoms with van der Waals surface area (Å²) in [5, 5.41) is 16.3. The van der Waals surface area contributed by atoms with Crippen molar-refractivity contribution in [2.45, 2.75) is 12.8 Å². The molecule has 6 nitrogen and oxygen atoms in total. The van der Waals surface area contributed by atoms with Crippen molar-refractivity contribution in [3.05, 3.63) is 71.3 Å². The molecule has 0 saturated heterocycles. The number of halogens is 1. The van der Waals surface area contributed by atoms with Gasteiger partial charge in [0.25, 0.3) is 0 Å². The summed E-state index contributed by atoms with van der Waals surface area (Å²) in [6.07, 6.45) is 3.87. The Hall–Kier alpha value is -3.17. The van der Waals surface area contributed by atoms with E-state index in [9.17, 15) is 4.79 Å². The van der Waals surface area contributed by atoms with E-state index >= 15 is 0 Å². The fourth-order valence-corrected chi connectivity index (χ4v) is 2.53. The summed E-state index contributed by atoms with van der Waals surface area (Å²) in [4.78, 5) is 16.2. The average Bonchev–Trinajstić information content (AvgIpc) is 3.15. The minimum atomic E-state index is -0.131. The van der Waals surface area contributed by atoms with Crippen LogP contribution >= 0.6 is 11.6 Å². The van der Waals surface area contributed by atoms with E-state index in [4.69, 9.17) is 16.9 Å². The molecule has 1 amide bonds. The maximum atomic E-state index is 12.3. The number of aromatic nitrogens is 3. The topological polar surface area (TPSA) is 83.6 Å². The standard InChI is InChI=1S/C18H14ClN5O/c19-15-6-7-17(24-12-21-11-22-24)16(9-15)23-18(25)8-5-13-1-3-14(10-20)4-2-13/h1-4,6-7,9,11-12H,5,8H2,(H,23,25). The molecule has 3 aromatic rings. The number of aryl methyl sites for hydroxylation is 1. The molecule has 0 aliphatic carbocycles. The van der Waals surface area contributed by atoms with Crippen LogP contribution in [0.15, 0.2) is 55.1 Å². The van der Waals surface area contributed by atoms with Crippen LogP contribution in [0.4, 0.5) is 5.69 Å². The summed E-state index contributed by atoms with van der Waals surface area (Å²) < 4.78 is 1.56. The van der Waals surface area contributed by atoms with Crippen molar-refractivity contribution in [2.75, 3.05) is 5.32 Å². The number of rotatable bonds is 5. The van der Waals surface area contributed by atoms with Gasteiger partial charge in [-0.15, -0.1) is 0 Å². The van der Waals surface area contributed by atoms with Gasteiger partial charge in [0.15, 0.2) is 0 Å². The van der Waals surface area contributed by atoms with Crippen LogP contribution < -0.4 is 5.32 Å². The third kappa shape index (κ3) is 4.22. The number of carbonyl (C=O) groups is 1. The molecule has 0 unspecified atom stereocenters. The number of hydrogen-bond acceptors (Lipinski definition) is 4. The van der Waals surface area contributed by atoms with Crippen LogP contribution in [0.1, 0.15) is 17.5 Å². The number of nitrogens with zero attached hydrogens (tertiary/aromatic N) is 4. The van der Waals surface area contributed by atoms with Crippen LogP contribution in [-0.4, -0.2) is 20.7 Å². The van der Waals surface area contributed by atoms with E-state index in [1.807, 2.05) is 12.1 Å². The lowest BCUT2D eigenvalue weighted by Crippen LogP contribution is -2.14. The van der Waals surface area contributed by atoms with Crippen molar-refractivity contribution in [3.8, 4) is 11.8 Å². The van der Waals surface area contributed by atoms with Gasteiger partial charge in [-0.3, -0.25) is 4.79 Å². The van der Waals surface area contributed by atoms with Crippen molar-refractivity contribution in [1.82, 2.24) is 14.8 Å². The van der Waals surface area contributed by atoms with E-state index in [0.29, 0.717) is 34.8 Å². The van der Waals surface area contributed by atoms with Crippen LogP contribution in [0, 0.1) is 11.3 Å². The molecule has 0 saturated carbocycles. The molecule has 25 heavy (non-hydrogen) atoms. The van der Waals surface area contributed by atoms with Crippen molar-refractivity contribution in [3.63, 3.8) is 0 Å². The molecule has 0 radical (unpaired) electrons. The molecule has 7 heteroatoms. The summed E-state index contributed by atoms with van der Waals surface area (Å²) in [5.74, 6) is -0.131. The quantitative estimate of drug-likeness (QED) is 0.763. The molecule has 0 atom stereocenters. The second-order valence-corrected chi connectivity index (χ2v) is 5.79.